The van der Waals surface area contributed by atoms with Crippen LogP contribution in [0.1, 0.15) is 24.0 Å². The van der Waals surface area contributed by atoms with Crippen molar-refractivity contribution in [2.45, 2.75) is 31.7 Å². The van der Waals surface area contributed by atoms with E-state index < -0.39 is 17.6 Å². The van der Waals surface area contributed by atoms with Crippen LogP contribution in [0.5, 0.6) is 0 Å². The average molecular weight is 277 g/mol. The summed E-state index contributed by atoms with van der Waals surface area (Å²) in [7, 11) is 0. The molecule has 2 rings (SSSR count). The normalized spacial score (nSPS) is 18.8. The molecule has 0 bridgehead atoms. The van der Waals surface area contributed by atoms with Crippen LogP contribution in [0.4, 0.5) is 17.6 Å². The molecule has 1 aromatic carbocycles. The summed E-state index contributed by atoms with van der Waals surface area (Å²) < 4.78 is 51.2. The Morgan fingerprint density at radius 1 is 1.21 bits per heavy atom. The summed E-state index contributed by atoms with van der Waals surface area (Å²) in [6, 6.07) is 2.47. The molecule has 0 atom stereocenters. The summed E-state index contributed by atoms with van der Waals surface area (Å²) in [5.74, 6) is -0.626. The second-order valence-electron chi connectivity index (χ2n) is 4.81. The predicted molar refractivity (Wildman–Crippen MR) is 61.9 cm³/mol. The van der Waals surface area contributed by atoms with Crippen LogP contribution < -0.4 is 0 Å². The van der Waals surface area contributed by atoms with E-state index in [-0.39, 0.29) is 18.2 Å². The van der Waals surface area contributed by atoms with E-state index in [1.165, 1.54) is 0 Å². The van der Waals surface area contributed by atoms with Crippen LogP contribution in [-0.2, 0) is 12.7 Å². The van der Waals surface area contributed by atoms with Crippen molar-refractivity contribution in [3.05, 3.63) is 35.1 Å². The Kier molecular flexibility index (Phi) is 4.10. The molecule has 1 heterocycles. The molecule has 1 aliphatic rings. The Morgan fingerprint density at radius 3 is 2.42 bits per heavy atom. The van der Waals surface area contributed by atoms with Crippen LogP contribution in [0, 0.1) is 5.82 Å². The smallest absolute Gasteiger partial charge is 0.393 e. The highest BCUT2D eigenvalue weighted by atomic mass is 19.4. The number of alkyl halides is 3. The molecule has 1 saturated heterocycles. The fourth-order valence-electron chi connectivity index (χ4n) is 2.19. The predicted octanol–water partition coefficient (Wildman–Crippen LogP) is 2.80. The number of halogens is 4. The van der Waals surface area contributed by atoms with Gasteiger partial charge in [-0.2, -0.15) is 13.2 Å². The number of likely N-dealkylation sites (tertiary alicyclic amines) is 1. The molecule has 0 spiro atoms. The van der Waals surface area contributed by atoms with Crippen molar-refractivity contribution in [1.82, 2.24) is 4.90 Å². The van der Waals surface area contributed by atoms with Gasteiger partial charge in [0, 0.05) is 25.2 Å². The number of piperidine rings is 1. The van der Waals surface area contributed by atoms with Gasteiger partial charge in [-0.05, 0) is 31.0 Å². The van der Waals surface area contributed by atoms with E-state index >= 15 is 0 Å². The first-order valence-corrected chi connectivity index (χ1v) is 6.12. The van der Waals surface area contributed by atoms with Crippen molar-refractivity contribution in [2.75, 3.05) is 13.1 Å². The molecule has 19 heavy (non-hydrogen) atoms. The van der Waals surface area contributed by atoms with Crippen LogP contribution in [0.15, 0.2) is 18.2 Å². The molecule has 0 radical (unpaired) electrons. The SMILES string of the molecule is OC1CCN(Cc2cc(C(F)(F)F)ccc2F)CC1. The molecular weight excluding hydrogens is 262 g/mol. The first-order chi connectivity index (χ1) is 8.86. The largest absolute Gasteiger partial charge is 0.416 e. The second kappa shape index (κ2) is 5.46. The number of rotatable bonds is 2. The maximum absolute atomic E-state index is 13.5. The zero-order valence-electron chi connectivity index (χ0n) is 10.3. The van der Waals surface area contributed by atoms with Crippen LogP contribution in [-0.4, -0.2) is 29.2 Å². The highest BCUT2D eigenvalue weighted by Gasteiger charge is 2.31. The number of nitrogens with zero attached hydrogens (tertiary/aromatic N) is 1. The van der Waals surface area contributed by atoms with Gasteiger partial charge >= 0.3 is 6.18 Å². The summed E-state index contributed by atoms with van der Waals surface area (Å²) in [6.07, 6.45) is -3.68. The molecule has 0 amide bonds. The Labute approximate surface area is 108 Å². The van der Waals surface area contributed by atoms with E-state index in [0.717, 1.165) is 18.2 Å². The molecule has 2 nitrogen and oxygen atoms in total. The van der Waals surface area contributed by atoms with Crippen LogP contribution in [0.3, 0.4) is 0 Å². The minimum atomic E-state index is -4.46. The van der Waals surface area contributed by atoms with Crippen molar-refractivity contribution < 1.29 is 22.7 Å². The quantitative estimate of drug-likeness (QED) is 0.840. The Bertz CT molecular complexity index is 439. The molecule has 106 valence electrons. The minimum Gasteiger partial charge on any atom is -0.393 e. The van der Waals surface area contributed by atoms with Gasteiger partial charge < -0.3 is 5.11 Å². The lowest BCUT2D eigenvalue weighted by molar-refractivity contribution is -0.137. The molecule has 0 saturated carbocycles. The molecule has 1 N–H and O–H groups in total. The maximum atomic E-state index is 13.5. The summed E-state index contributed by atoms with van der Waals surface area (Å²) in [5, 5.41) is 9.35. The number of hydrogen-bond donors (Lipinski definition) is 1. The maximum Gasteiger partial charge on any atom is 0.416 e. The molecule has 1 fully saturated rings. The van der Waals surface area contributed by atoms with Gasteiger partial charge in [0.2, 0.25) is 0 Å². The minimum absolute atomic E-state index is 0.0474. The molecule has 0 aromatic heterocycles. The lowest BCUT2D eigenvalue weighted by Gasteiger charge is -2.29. The highest BCUT2D eigenvalue weighted by Crippen LogP contribution is 2.30. The Balaban J connectivity index is 2.11. The van der Waals surface area contributed by atoms with Crippen molar-refractivity contribution in [1.29, 1.82) is 0 Å². The third-order valence-corrected chi connectivity index (χ3v) is 3.32. The van der Waals surface area contributed by atoms with Crippen molar-refractivity contribution in [3.63, 3.8) is 0 Å². The van der Waals surface area contributed by atoms with Gasteiger partial charge in [0.25, 0.3) is 0 Å². The number of benzene rings is 1. The van der Waals surface area contributed by atoms with E-state index in [1.54, 1.807) is 0 Å². The standard InChI is InChI=1S/C13H15F4NO/c14-12-2-1-10(13(15,16)17)7-9(12)8-18-5-3-11(19)4-6-18/h1-2,7,11,19H,3-6,8H2. The van der Waals surface area contributed by atoms with Crippen LogP contribution in [0.25, 0.3) is 0 Å². The summed E-state index contributed by atoms with van der Waals surface area (Å²) >= 11 is 0. The summed E-state index contributed by atoms with van der Waals surface area (Å²) in [6.45, 7) is 1.27. The number of aliphatic hydroxyl groups is 1. The third-order valence-electron chi connectivity index (χ3n) is 3.32. The first-order valence-electron chi connectivity index (χ1n) is 6.12. The lowest BCUT2D eigenvalue weighted by Crippen LogP contribution is -2.35. The van der Waals surface area contributed by atoms with E-state index in [0.29, 0.717) is 25.9 Å². The van der Waals surface area contributed by atoms with Crippen molar-refractivity contribution in [2.24, 2.45) is 0 Å². The van der Waals surface area contributed by atoms with Gasteiger partial charge in [-0.3, -0.25) is 4.90 Å². The van der Waals surface area contributed by atoms with Gasteiger partial charge in [0.05, 0.1) is 11.7 Å². The second-order valence-corrected chi connectivity index (χ2v) is 4.81. The fourth-order valence-corrected chi connectivity index (χ4v) is 2.19. The van der Waals surface area contributed by atoms with Gasteiger partial charge in [-0.15, -0.1) is 0 Å². The van der Waals surface area contributed by atoms with E-state index in [2.05, 4.69) is 0 Å². The monoisotopic (exact) mass is 277 g/mol. The molecular formula is C13H15F4NO. The first kappa shape index (κ1) is 14.3. The van der Waals surface area contributed by atoms with Gasteiger partial charge in [-0.25, -0.2) is 4.39 Å². The van der Waals surface area contributed by atoms with Gasteiger partial charge in [-0.1, -0.05) is 0 Å². The van der Waals surface area contributed by atoms with Crippen LogP contribution in [0.2, 0.25) is 0 Å². The number of aliphatic hydroxyl groups excluding tert-OH is 1. The zero-order valence-corrected chi connectivity index (χ0v) is 10.3. The summed E-state index contributed by atoms with van der Waals surface area (Å²) in [4.78, 5) is 1.85. The Morgan fingerprint density at radius 2 is 1.84 bits per heavy atom. The topological polar surface area (TPSA) is 23.5 Å². The van der Waals surface area contributed by atoms with Crippen molar-refractivity contribution in [3.8, 4) is 0 Å². The van der Waals surface area contributed by atoms with Crippen LogP contribution >= 0.6 is 0 Å². The average Bonchev–Trinajstić information content (AvgIpc) is 2.33. The molecule has 0 unspecified atom stereocenters. The summed E-state index contributed by atoms with van der Waals surface area (Å²) in [5.41, 5.74) is -0.785. The molecule has 0 aliphatic carbocycles. The van der Waals surface area contributed by atoms with E-state index in [4.69, 9.17) is 0 Å². The highest BCUT2D eigenvalue weighted by molar-refractivity contribution is 5.27. The van der Waals surface area contributed by atoms with Gasteiger partial charge in [0.15, 0.2) is 0 Å². The lowest BCUT2D eigenvalue weighted by atomic mass is 10.1. The number of hydrogen-bond acceptors (Lipinski definition) is 2. The molecule has 1 aromatic rings. The molecule has 1 aliphatic heterocycles. The van der Waals surface area contributed by atoms with E-state index in [9.17, 15) is 22.7 Å². The zero-order chi connectivity index (χ0) is 14.0. The molecule has 6 heteroatoms. The van der Waals surface area contributed by atoms with Crippen molar-refractivity contribution >= 4 is 0 Å². The Hall–Kier alpha value is -1.14. The van der Waals surface area contributed by atoms with E-state index in [1.807, 2.05) is 4.90 Å². The van der Waals surface area contributed by atoms with Gasteiger partial charge in [0.1, 0.15) is 5.82 Å². The fraction of sp³-hybridized carbons (Fsp3) is 0.538. The third kappa shape index (κ3) is 3.67.